The topological polar surface area (TPSA) is 29.1 Å². The molecule has 2 rings (SSSR count). The second kappa shape index (κ2) is 11.8. The van der Waals surface area contributed by atoms with E-state index >= 15 is 0 Å². The summed E-state index contributed by atoms with van der Waals surface area (Å²) >= 11 is 0. The van der Waals surface area contributed by atoms with Crippen LogP contribution in [0.3, 0.4) is 0 Å². The summed E-state index contributed by atoms with van der Waals surface area (Å²) in [5.74, 6) is -1.50. The molecule has 1 aromatic rings. The Kier molecular flexibility index (Phi) is 11.0. The third-order valence-corrected chi connectivity index (χ3v) is 2.55. The van der Waals surface area contributed by atoms with E-state index < -0.39 is 11.6 Å². The van der Waals surface area contributed by atoms with Crippen molar-refractivity contribution in [2.75, 3.05) is 13.1 Å². The van der Waals surface area contributed by atoms with Crippen molar-refractivity contribution in [1.82, 2.24) is 5.32 Å². The molecule has 0 bridgehead atoms. The van der Waals surface area contributed by atoms with Gasteiger partial charge in [-0.1, -0.05) is 26.7 Å². The van der Waals surface area contributed by atoms with Crippen molar-refractivity contribution in [2.45, 2.75) is 39.5 Å². The Morgan fingerprint density at radius 1 is 1.05 bits per heavy atom. The number of benzene rings is 1. The number of halogens is 2. The van der Waals surface area contributed by atoms with Crippen molar-refractivity contribution >= 4 is 6.29 Å². The lowest BCUT2D eigenvalue weighted by atomic mass is 10.2. The molecule has 0 atom stereocenters. The highest BCUT2D eigenvalue weighted by molar-refractivity contribution is 5.74. The average molecular weight is 271 g/mol. The normalized spacial score (nSPS) is 14.1. The summed E-state index contributed by atoms with van der Waals surface area (Å²) in [5.41, 5.74) is -0.124. The summed E-state index contributed by atoms with van der Waals surface area (Å²) in [6.45, 7) is 6.50. The SMILES string of the molecule is C1CCCNCC1.CC.O=Cc1ccc(F)cc1F. The van der Waals surface area contributed by atoms with Crippen LogP contribution in [-0.2, 0) is 0 Å². The van der Waals surface area contributed by atoms with Crippen LogP contribution in [-0.4, -0.2) is 19.4 Å². The van der Waals surface area contributed by atoms with Crippen molar-refractivity contribution < 1.29 is 13.6 Å². The van der Waals surface area contributed by atoms with E-state index in [9.17, 15) is 13.6 Å². The van der Waals surface area contributed by atoms with Crippen molar-refractivity contribution in [3.05, 3.63) is 35.4 Å². The van der Waals surface area contributed by atoms with Gasteiger partial charge in [-0.05, 0) is 38.1 Å². The quantitative estimate of drug-likeness (QED) is 0.783. The van der Waals surface area contributed by atoms with Crippen molar-refractivity contribution in [3.8, 4) is 0 Å². The van der Waals surface area contributed by atoms with Crippen molar-refractivity contribution in [2.24, 2.45) is 0 Å². The van der Waals surface area contributed by atoms with E-state index in [2.05, 4.69) is 5.32 Å². The van der Waals surface area contributed by atoms with E-state index in [0.717, 1.165) is 12.1 Å². The number of hydrogen-bond acceptors (Lipinski definition) is 2. The Morgan fingerprint density at radius 2 is 1.63 bits per heavy atom. The Hall–Kier alpha value is -1.29. The number of carbonyl (C=O) groups excluding carboxylic acids is 1. The molecule has 1 saturated heterocycles. The van der Waals surface area contributed by atoms with Gasteiger partial charge in [-0.25, -0.2) is 8.78 Å². The molecule has 0 aliphatic carbocycles. The minimum absolute atomic E-state index is 0.124. The van der Waals surface area contributed by atoms with Gasteiger partial charge >= 0.3 is 0 Å². The smallest absolute Gasteiger partial charge is 0.152 e. The van der Waals surface area contributed by atoms with Gasteiger partial charge in [0.25, 0.3) is 0 Å². The molecule has 2 nitrogen and oxygen atoms in total. The molecular formula is C15H23F2NO. The molecule has 1 heterocycles. The number of aldehydes is 1. The monoisotopic (exact) mass is 271 g/mol. The first kappa shape index (κ1) is 17.7. The van der Waals surface area contributed by atoms with Gasteiger partial charge in [0.05, 0.1) is 5.56 Å². The Labute approximate surface area is 114 Å². The van der Waals surface area contributed by atoms with Gasteiger partial charge in [-0.3, -0.25) is 4.79 Å². The zero-order valence-corrected chi connectivity index (χ0v) is 11.7. The summed E-state index contributed by atoms with van der Waals surface area (Å²) < 4.78 is 24.5. The molecule has 1 aliphatic heterocycles. The number of hydrogen-bond donors (Lipinski definition) is 1. The maximum absolute atomic E-state index is 12.4. The molecule has 108 valence electrons. The minimum atomic E-state index is -0.824. The molecule has 0 unspecified atom stereocenters. The second-order valence-electron chi connectivity index (χ2n) is 3.95. The van der Waals surface area contributed by atoms with Crippen LogP contribution in [0.4, 0.5) is 8.78 Å². The molecule has 0 spiro atoms. The van der Waals surface area contributed by atoms with Gasteiger partial charge in [-0.2, -0.15) is 0 Å². The Balaban J connectivity index is 0.000000316. The van der Waals surface area contributed by atoms with Crippen molar-refractivity contribution in [1.29, 1.82) is 0 Å². The molecule has 0 aromatic heterocycles. The summed E-state index contributed by atoms with van der Waals surface area (Å²) in [6, 6.07) is 2.80. The highest BCUT2D eigenvalue weighted by Crippen LogP contribution is 2.06. The molecule has 1 N–H and O–H groups in total. The minimum Gasteiger partial charge on any atom is -0.317 e. The van der Waals surface area contributed by atoms with E-state index in [1.54, 1.807) is 0 Å². The fraction of sp³-hybridized carbons (Fsp3) is 0.533. The second-order valence-corrected chi connectivity index (χ2v) is 3.95. The summed E-state index contributed by atoms with van der Waals surface area (Å²) in [6.07, 6.45) is 5.99. The van der Waals surface area contributed by atoms with E-state index in [1.165, 1.54) is 38.8 Å². The maximum Gasteiger partial charge on any atom is 0.152 e. The highest BCUT2D eigenvalue weighted by atomic mass is 19.1. The standard InChI is InChI=1S/C7H4F2O.C6H13N.C2H6/c8-6-2-1-5(4-10)7(9)3-6;1-2-4-6-7-5-3-1;1-2/h1-4H;7H,1-6H2;1-2H3. The lowest BCUT2D eigenvalue weighted by Crippen LogP contribution is -2.12. The summed E-state index contributed by atoms with van der Waals surface area (Å²) in [7, 11) is 0. The van der Waals surface area contributed by atoms with Crippen LogP contribution in [0.25, 0.3) is 0 Å². The van der Waals surface area contributed by atoms with Crippen LogP contribution >= 0.6 is 0 Å². The van der Waals surface area contributed by atoms with Crippen LogP contribution in [0.1, 0.15) is 49.9 Å². The zero-order valence-electron chi connectivity index (χ0n) is 11.7. The van der Waals surface area contributed by atoms with Gasteiger partial charge in [0.2, 0.25) is 0 Å². The average Bonchev–Trinajstić information content (AvgIpc) is 2.74. The third-order valence-electron chi connectivity index (χ3n) is 2.55. The van der Waals surface area contributed by atoms with Crippen LogP contribution < -0.4 is 5.32 Å². The lowest BCUT2D eigenvalue weighted by molar-refractivity contribution is 0.111. The Bertz CT molecular complexity index is 336. The Morgan fingerprint density at radius 3 is 2.11 bits per heavy atom. The first-order chi connectivity index (χ1) is 9.24. The largest absolute Gasteiger partial charge is 0.317 e. The number of nitrogens with one attached hydrogen (secondary N) is 1. The first-order valence-electron chi connectivity index (χ1n) is 6.85. The maximum atomic E-state index is 12.4. The van der Waals surface area contributed by atoms with E-state index in [1.807, 2.05) is 13.8 Å². The predicted octanol–water partition coefficient (Wildman–Crippen LogP) is 3.95. The molecule has 0 radical (unpaired) electrons. The number of rotatable bonds is 1. The molecular weight excluding hydrogens is 248 g/mol. The fourth-order valence-corrected chi connectivity index (χ4v) is 1.58. The van der Waals surface area contributed by atoms with Gasteiger partial charge in [0.1, 0.15) is 11.6 Å². The molecule has 4 heteroatoms. The van der Waals surface area contributed by atoms with Gasteiger partial charge in [0, 0.05) is 6.07 Å². The van der Waals surface area contributed by atoms with Crippen LogP contribution in [0.2, 0.25) is 0 Å². The van der Waals surface area contributed by atoms with E-state index in [4.69, 9.17) is 0 Å². The third kappa shape index (κ3) is 8.43. The van der Waals surface area contributed by atoms with Crippen LogP contribution in [0.5, 0.6) is 0 Å². The fourth-order valence-electron chi connectivity index (χ4n) is 1.58. The van der Waals surface area contributed by atoms with Gasteiger partial charge < -0.3 is 5.32 Å². The molecule has 0 amide bonds. The number of carbonyl (C=O) groups is 1. The lowest BCUT2D eigenvalue weighted by Gasteiger charge is -1.91. The molecule has 0 saturated carbocycles. The summed E-state index contributed by atoms with van der Waals surface area (Å²) in [5, 5.41) is 3.35. The predicted molar refractivity (Wildman–Crippen MR) is 74.4 cm³/mol. The molecule has 1 fully saturated rings. The van der Waals surface area contributed by atoms with E-state index in [-0.39, 0.29) is 5.56 Å². The van der Waals surface area contributed by atoms with Gasteiger partial charge in [0.15, 0.2) is 6.29 Å². The van der Waals surface area contributed by atoms with Crippen LogP contribution in [0, 0.1) is 11.6 Å². The molecule has 1 aliphatic rings. The van der Waals surface area contributed by atoms with Gasteiger partial charge in [-0.15, -0.1) is 0 Å². The first-order valence-corrected chi connectivity index (χ1v) is 6.85. The zero-order chi connectivity index (χ0) is 14.5. The molecule has 19 heavy (non-hydrogen) atoms. The molecule has 1 aromatic carbocycles. The summed E-state index contributed by atoms with van der Waals surface area (Å²) in [4.78, 5) is 9.98. The van der Waals surface area contributed by atoms with Crippen molar-refractivity contribution in [3.63, 3.8) is 0 Å². The highest BCUT2D eigenvalue weighted by Gasteiger charge is 2.00. The van der Waals surface area contributed by atoms with E-state index in [0.29, 0.717) is 12.4 Å². The van der Waals surface area contributed by atoms with Crippen LogP contribution in [0.15, 0.2) is 18.2 Å².